The standard InChI is InChI=1S/C23H13Cl2N/c1-12-2-7-20-19(8-12)22-17-10-14(24)4-3-13(17)9-18-16-6-5-15(25)11-21(16)26(20)23(18)22/h2-11H,1H3. The predicted octanol–water partition coefficient (Wildman–Crippen LogP) is 7.61. The van der Waals surface area contributed by atoms with Gasteiger partial charge in [0.05, 0.1) is 16.6 Å². The van der Waals surface area contributed by atoms with Crippen LogP contribution in [0.4, 0.5) is 0 Å². The van der Waals surface area contributed by atoms with E-state index in [0.717, 1.165) is 15.6 Å². The molecule has 2 aromatic heterocycles. The van der Waals surface area contributed by atoms with Crippen molar-refractivity contribution in [2.75, 3.05) is 0 Å². The van der Waals surface area contributed by atoms with E-state index in [-0.39, 0.29) is 0 Å². The van der Waals surface area contributed by atoms with E-state index >= 15 is 0 Å². The molecule has 0 aliphatic carbocycles. The molecule has 0 unspecified atom stereocenters. The van der Waals surface area contributed by atoms with Gasteiger partial charge in [0.15, 0.2) is 0 Å². The maximum absolute atomic E-state index is 6.35. The fraction of sp³-hybridized carbons (Fsp3) is 0.0435. The zero-order valence-electron chi connectivity index (χ0n) is 14.0. The Morgan fingerprint density at radius 3 is 2.35 bits per heavy atom. The minimum Gasteiger partial charge on any atom is -0.308 e. The molecule has 0 aliphatic heterocycles. The summed E-state index contributed by atoms with van der Waals surface area (Å²) in [6.45, 7) is 2.14. The number of aromatic nitrogens is 1. The Bertz CT molecular complexity index is 1510. The van der Waals surface area contributed by atoms with E-state index in [1.807, 2.05) is 12.1 Å². The lowest BCUT2D eigenvalue weighted by Crippen LogP contribution is -1.80. The van der Waals surface area contributed by atoms with Crippen molar-refractivity contribution in [3.63, 3.8) is 0 Å². The van der Waals surface area contributed by atoms with Crippen molar-refractivity contribution in [2.24, 2.45) is 0 Å². The summed E-state index contributed by atoms with van der Waals surface area (Å²) in [4.78, 5) is 0. The summed E-state index contributed by atoms with van der Waals surface area (Å²) in [5, 5.41) is 8.95. The number of benzene rings is 4. The second-order valence-electron chi connectivity index (χ2n) is 7.03. The fourth-order valence-electron chi connectivity index (χ4n) is 4.40. The molecule has 0 aliphatic rings. The van der Waals surface area contributed by atoms with Crippen molar-refractivity contribution in [1.82, 2.24) is 4.40 Å². The summed E-state index contributed by atoms with van der Waals surface area (Å²) in [5.74, 6) is 0. The van der Waals surface area contributed by atoms with Gasteiger partial charge >= 0.3 is 0 Å². The first-order valence-corrected chi connectivity index (χ1v) is 9.35. The average molecular weight is 374 g/mol. The highest BCUT2D eigenvalue weighted by Crippen LogP contribution is 2.43. The van der Waals surface area contributed by atoms with Crippen LogP contribution in [0.15, 0.2) is 60.7 Å². The number of nitrogens with zero attached hydrogens (tertiary/aromatic N) is 1. The summed E-state index contributed by atoms with van der Waals surface area (Å²) in [7, 11) is 0. The first kappa shape index (κ1) is 14.7. The Kier molecular flexibility index (Phi) is 2.72. The van der Waals surface area contributed by atoms with Gasteiger partial charge in [0.25, 0.3) is 0 Å². The summed E-state index contributed by atoms with van der Waals surface area (Å²) in [6, 6.07) is 21.2. The molecule has 124 valence electrons. The normalized spacial score (nSPS) is 12.4. The van der Waals surface area contributed by atoms with Crippen LogP contribution in [0.25, 0.3) is 48.9 Å². The molecule has 0 radical (unpaired) electrons. The third-order valence-electron chi connectivity index (χ3n) is 5.45. The van der Waals surface area contributed by atoms with E-state index in [1.54, 1.807) is 0 Å². The van der Waals surface area contributed by atoms with Crippen LogP contribution in [0.5, 0.6) is 0 Å². The predicted molar refractivity (Wildman–Crippen MR) is 113 cm³/mol. The van der Waals surface area contributed by atoms with Crippen LogP contribution in [0.1, 0.15) is 5.56 Å². The molecule has 0 saturated heterocycles. The molecular weight excluding hydrogens is 361 g/mol. The summed E-state index contributed by atoms with van der Waals surface area (Å²) < 4.78 is 2.35. The van der Waals surface area contributed by atoms with Crippen LogP contribution < -0.4 is 0 Å². The molecular formula is C23H13Cl2N. The Morgan fingerprint density at radius 1 is 0.654 bits per heavy atom. The van der Waals surface area contributed by atoms with Crippen molar-refractivity contribution in [3.05, 3.63) is 76.3 Å². The van der Waals surface area contributed by atoms with E-state index in [1.165, 1.54) is 48.9 Å². The van der Waals surface area contributed by atoms with Gasteiger partial charge in [-0.25, -0.2) is 0 Å². The topological polar surface area (TPSA) is 4.41 Å². The molecule has 6 aromatic rings. The van der Waals surface area contributed by atoms with Gasteiger partial charge in [-0.05, 0) is 60.2 Å². The van der Waals surface area contributed by atoms with Gasteiger partial charge in [-0.15, -0.1) is 0 Å². The van der Waals surface area contributed by atoms with E-state index in [4.69, 9.17) is 23.2 Å². The molecule has 0 spiro atoms. The molecule has 3 heteroatoms. The Balaban J connectivity index is 2.07. The summed E-state index contributed by atoms with van der Waals surface area (Å²) >= 11 is 12.7. The summed E-state index contributed by atoms with van der Waals surface area (Å²) in [5.41, 5.74) is 4.86. The highest BCUT2D eigenvalue weighted by molar-refractivity contribution is 6.36. The highest BCUT2D eigenvalue weighted by atomic mass is 35.5. The van der Waals surface area contributed by atoms with Gasteiger partial charge in [-0.2, -0.15) is 0 Å². The minimum absolute atomic E-state index is 0.756. The maximum atomic E-state index is 6.35. The molecule has 0 bridgehead atoms. The van der Waals surface area contributed by atoms with Crippen LogP contribution in [0, 0.1) is 6.92 Å². The van der Waals surface area contributed by atoms with Gasteiger partial charge in [-0.3, -0.25) is 0 Å². The van der Waals surface area contributed by atoms with Crippen LogP contribution in [0.3, 0.4) is 0 Å². The third kappa shape index (κ3) is 1.72. The molecule has 4 aromatic carbocycles. The zero-order chi connectivity index (χ0) is 17.6. The van der Waals surface area contributed by atoms with Crippen molar-refractivity contribution in [1.29, 1.82) is 0 Å². The first-order valence-electron chi connectivity index (χ1n) is 8.59. The average Bonchev–Trinajstić information content (AvgIpc) is 3.11. The second kappa shape index (κ2) is 4.82. The fourth-order valence-corrected chi connectivity index (χ4v) is 4.74. The van der Waals surface area contributed by atoms with Crippen LogP contribution in [0.2, 0.25) is 10.0 Å². The van der Waals surface area contributed by atoms with Crippen LogP contribution in [-0.2, 0) is 0 Å². The maximum Gasteiger partial charge on any atom is 0.0627 e. The van der Waals surface area contributed by atoms with Gasteiger partial charge in [0, 0.05) is 31.6 Å². The smallest absolute Gasteiger partial charge is 0.0627 e. The van der Waals surface area contributed by atoms with E-state index in [9.17, 15) is 0 Å². The van der Waals surface area contributed by atoms with Gasteiger partial charge in [0.1, 0.15) is 0 Å². The number of fused-ring (bicyclic) bond motifs is 8. The van der Waals surface area contributed by atoms with Crippen molar-refractivity contribution in [3.8, 4) is 0 Å². The van der Waals surface area contributed by atoms with Gasteiger partial charge in [-0.1, -0.05) is 47.0 Å². The molecule has 0 amide bonds. The van der Waals surface area contributed by atoms with E-state index < -0.39 is 0 Å². The quantitative estimate of drug-likeness (QED) is 0.258. The molecule has 0 fully saturated rings. The Morgan fingerprint density at radius 2 is 1.46 bits per heavy atom. The van der Waals surface area contributed by atoms with Crippen LogP contribution in [-0.4, -0.2) is 4.40 Å². The van der Waals surface area contributed by atoms with E-state index in [2.05, 4.69) is 59.9 Å². The minimum atomic E-state index is 0.756. The Labute approximate surface area is 159 Å². The molecule has 1 nitrogen and oxygen atoms in total. The molecule has 6 rings (SSSR count). The number of aryl methyl sites for hydroxylation is 1. The Hall–Kier alpha value is -2.48. The molecule has 0 saturated carbocycles. The number of hydrogen-bond donors (Lipinski definition) is 0. The van der Waals surface area contributed by atoms with Crippen molar-refractivity contribution < 1.29 is 0 Å². The monoisotopic (exact) mass is 373 g/mol. The van der Waals surface area contributed by atoms with Crippen LogP contribution >= 0.6 is 23.2 Å². The first-order chi connectivity index (χ1) is 12.6. The lowest BCUT2D eigenvalue weighted by Gasteiger charge is -2.04. The second-order valence-corrected chi connectivity index (χ2v) is 7.90. The van der Waals surface area contributed by atoms with Gasteiger partial charge < -0.3 is 4.40 Å². The number of rotatable bonds is 0. The molecule has 26 heavy (non-hydrogen) atoms. The number of halogens is 2. The summed E-state index contributed by atoms with van der Waals surface area (Å²) in [6.07, 6.45) is 0. The van der Waals surface area contributed by atoms with Gasteiger partial charge in [0.2, 0.25) is 0 Å². The third-order valence-corrected chi connectivity index (χ3v) is 5.92. The van der Waals surface area contributed by atoms with Crippen molar-refractivity contribution >= 4 is 72.1 Å². The van der Waals surface area contributed by atoms with E-state index in [0.29, 0.717) is 0 Å². The molecule has 2 heterocycles. The number of hydrogen-bond acceptors (Lipinski definition) is 0. The SMILES string of the molecule is Cc1ccc2c(c1)c1c3cc(Cl)ccc3cc3c4ccc(Cl)cc4n2c31. The molecule has 0 N–H and O–H groups in total. The lowest BCUT2D eigenvalue weighted by molar-refractivity contribution is 1.36. The van der Waals surface area contributed by atoms with Crippen molar-refractivity contribution in [2.45, 2.75) is 6.92 Å². The zero-order valence-corrected chi connectivity index (χ0v) is 15.5. The largest absolute Gasteiger partial charge is 0.308 e. The lowest BCUT2D eigenvalue weighted by atomic mass is 9.99. The highest BCUT2D eigenvalue weighted by Gasteiger charge is 2.20. The molecule has 0 atom stereocenters.